The summed E-state index contributed by atoms with van der Waals surface area (Å²) in [6.07, 6.45) is 5.80. The van der Waals surface area contributed by atoms with Crippen molar-refractivity contribution in [3.8, 4) is 5.88 Å². The van der Waals surface area contributed by atoms with Crippen LogP contribution in [0.3, 0.4) is 0 Å². The van der Waals surface area contributed by atoms with Crippen molar-refractivity contribution >= 4 is 35.0 Å². The number of nitrogens with zero attached hydrogens (tertiary/aromatic N) is 3. The van der Waals surface area contributed by atoms with E-state index in [0.29, 0.717) is 42.1 Å². The molecule has 8 heteroatoms. The zero-order valence-corrected chi connectivity index (χ0v) is 23.0. The summed E-state index contributed by atoms with van der Waals surface area (Å²) in [4.78, 5) is 34.7. The van der Waals surface area contributed by atoms with Gasteiger partial charge in [0.15, 0.2) is 0 Å². The summed E-state index contributed by atoms with van der Waals surface area (Å²) in [6.45, 7) is 6.84. The highest BCUT2D eigenvalue weighted by Crippen LogP contribution is 2.47. The predicted octanol–water partition coefficient (Wildman–Crippen LogP) is 5.83. The normalized spacial score (nSPS) is 24.4. The summed E-state index contributed by atoms with van der Waals surface area (Å²) >= 11 is 12.2. The van der Waals surface area contributed by atoms with Gasteiger partial charge < -0.3 is 14.5 Å². The maximum Gasteiger partial charge on any atom is 0.228 e. The van der Waals surface area contributed by atoms with Gasteiger partial charge in [0.2, 0.25) is 17.7 Å². The van der Waals surface area contributed by atoms with Gasteiger partial charge >= 0.3 is 0 Å². The summed E-state index contributed by atoms with van der Waals surface area (Å²) in [5, 5.41) is 1.27. The second-order valence-electron chi connectivity index (χ2n) is 11.2. The lowest BCUT2D eigenvalue weighted by Crippen LogP contribution is -2.50. The van der Waals surface area contributed by atoms with Crippen LogP contribution in [-0.4, -0.2) is 58.9 Å². The SMILES string of the molecule is C[C@@H](Oc1ccc(Cl)cn1)[C@@H]1CCN(C(=O)C2CCN(C(=O)C3(C)CC3)CC2)C[C@H]1c1ccc(Cl)cc1. The molecule has 1 aliphatic carbocycles. The smallest absolute Gasteiger partial charge is 0.228 e. The van der Waals surface area contributed by atoms with Crippen LogP contribution in [-0.2, 0) is 9.59 Å². The number of rotatable bonds is 6. The highest BCUT2D eigenvalue weighted by molar-refractivity contribution is 6.30. The fraction of sp³-hybridized carbons (Fsp3) is 0.552. The number of benzene rings is 1. The zero-order valence-electron chi connectivity index (χ0n) is 21.5. The number of aromatic nitrogens is 1. The largest absolute Gasteiger partial charge is 0.474 e. The van der Waals surface area contributed by atoms with E-state index < -0.39 is 0 Å². The Balaban J connectivity index is 1.26. The van der Waals surface area contributed by atoms with Crippen LogP contribution in [0.2, 0.25) is 10.0 Å². The molecule has 0 N–H and O–H groups in total. The van der Waals surface area contributed by atoms with E-state index in [9.17, 15) is 9.59 Å². The fourth-order valence-electron chi connectivity index (χ4n) is 5.88. The summed E-state index contributed by atoms with van der Waals surface area (Å²) < 4.78 is 6.23. The molecular formula is C29H35Cl2N3O3. The maximum atomic E-state index is 13.6. The molecule has 0 unspecified atom stereocenters. The van der Waals surface area contributed by atoms with Crippen LogP contribution in [0.1, 0.15) is 57.4 Å². The molecule has 37 heavy (non-hydrogen) atoms. The Morgan fingerprint density at radius 3 is 2.24 bits per heavy atom. The Morgan fingerprint density at radius 2 is 1.62 bits per heavy atom. The van der Waals surface area contributed by atoms with E-state index in [0.717, 1.165) is 37.7 Å². The third kappa shape index (κ3) is 5.91. The van der Waals surface area contributed by atoms with Crippen LogP contribution in [0, 0.1) is 17.3 Å². The topological polar surface area (TPSA) is 62.7 Å². The first kappa shape index (κ1) is 26.3. The van der Waals surface area contributed by atoms with Gasteiger partial charge in [-0.3, -0.25) is 9.59 Å². The molecule has 2 aromatic rings. The molecule has 0 spiro atoms. The maximum absolute atomic E-state index is 13.6. The lowest BCUT2D eigenvalue weighted by Gasteiger charge is -2.43. The first-order valence-corrected chi connectivity index (χ1v) is 14.1. The molecule has 0 radical (unpaired) electrons. The minimum Gasteiger partial charge on any atom is -0.474 e. The monoisotopic (exact) mass is 543 g/mol. The highest BCUT2D eigenvalue weighted by Gasteiger charge is 2.48. The van der Waals surface area contributed by atoms with Gasteiger partial charge in [0, 0.05) is 66.6 Å². The number of hydrogen-bond acceptors (Lipinski definition) is 4. The number of pyridine rings is 1. The van der Waals surface area contributed by atoms with Crippen molar-refractivity contribution in [2.45, 2.75) is 58.0 Å². The number of amides is 2. The summed E-state index contributed by atoms with van der Waals surface area (Å²) in [5.41, 5.74) is 1.01. The predicted molar refractivity (Wildman–Crippen MR) is 145 cm³/mol. The van der Waals surface area contributed by atoms with E-state index in [4.69, 9.17) is 27.9 Å². The fourth-order valence-corrected chi connectivity index (χ4v) is 6.11. The van der Waals surface area contributed by atoms with Crippen molar-refractivity contribution in [1.29, 1.82) is 0 Å². The van der Waals surface area contributed by atoms with Crippen molar-refractivity contribution in [1.82, 2.24) is 14.8 Å². The van der Waals surface area contributed by atoms with Crippen molar-refractivity contribution in [3.63, 3.8) is 0 Å². The van der Waals surface area contributed by atoms with Crippen molar-refractivity contribution < 1.29 is 14.3 Å². The first-order chi connectivity index (χ1) is 17.7. The Kier molecular flexibility index (Phi) is 7.69. The highest BCUT2D eigenvalue weighted by atomic mass is 35.5. The Labute approximate surface area is 229 Å². The van der Waals surface area contributed by atoms with Gasteiger partial charge in [0.1, 0.15) is 6.10 Å². The summed E-state index contributed by atoms with van der Waals surface area (Å²) in [6, 6.07) is 11.5. The minimum atomic E-state index is -0.148. The van der Waals surface area contributed by atoms with E-state index >= 15 is 0 Å². The van der Waals surface area contributed by atoms with Crippen molar-refractivity contribution in [2.75, 3.05) is 26.2 Å². The van der Waals surface area contributed by atoms with Crippen molar-refractivity contribution in [2.24, 2.45) is 17.3 Å². The van der Waals surface area contributed by atoms with Crippen molar-refractivity contribution in [3.05, 3.63) is 58.2 Å². The average molecular weight is 545 g/mol. The van der Waals surface area contributed by atoms with E-state index in [-0.39, 0.29) is 41.1 Å². The molecule has 3 heterocycles. The van der Waals surface area contributed by atoms with Gasteiger partial charge in [0.25, 0.3) is 0 Å². The van der Waals surface area contributed by atoms with E-state index in [1.165, 1.54) is 0 Å². The Hall–Kier alpha value is -2.31. The van der Waals surface area contributed by atoms with Crippen LogP contribution >= 0.6 is 23.2 Å². The van der Waals surface area contributed by atoms with Crippen LogP contribution in [0.25, 0.3) is 0 Å². The molecule has 0 bridgehead atoms. The number of carbonyl (C=O) groups is 2. The van der Waals surface area contributed by atoms with Crippen LogP contribution < -0.4 is 4.74 Å². The van der Waals surface area contributed by atoms with Gasteiger partial charge in [0.05, 0.1) is 5.02 Å². The molecule has 3 aliphatic rings. The molecule has 3 fully saturated rings. The Morgan fingerprint density at radius 1 is 0.973 bits per heavy atom. The molecule has 198 valence electrons. The molecule has 1 saturated carbocycles. The molecule has 2 saturated heterocycles. The molecule has 2 amide bonds. The molecule has 1 aromatic heterocycles. The second kappa shape index (κ2) is 10.8. The third-order valence-electron chi connectivity index (χ3n) is 8.53. The van der Waals surface area contributed by atoms with Gasteiger partial charge in [-0.2, -0.15) is 0 Å². The second-order valence-corrected chi connectivity index (χ2v) is 12.0. The first-order valence-electron chi connectivity index (χ1n) is 13.4. The number of piperidine rings is 2. The van der Waals surface area contributed by atoms with Gasteiger partial charge in [-0.1, -0.05) is 42.3 Å². The quantitative estimate of drug-likeness (QED) is 0.460. The number of carbonyl (C=O) groups excluding carboxylic acids is 2. The average Bonchev–Trinajstić information content (AvgIpc) is 3.67. The lowest BCUT2D eigenvalue weighted by atomic mass is 9.77. The Bertz CT molecular complexity index is 1110. The minimum absolute atomic E-state index is 0.0228. The molecule has 5 rings (SSSR count). The zero-order chi connectivity index (χ0) is 26.2. The van der Waals surface area contributed by atoms with E-state index in [1.54, 1.807) is 18.3 Å². The number of hydrogen-bond donors (Lipinski definition) is 0. The van der Waals surface area contributed by atoms with Crippen LogP contribution in [0.15, 0.2) is 42.6 Å². The molecule has 3 atom stereocenters. The number of likely N-dealkylation sites (tertiary alicyclic amines) is 2. The molecular weight excluding hydrogens is 509 g/mol. The number of ether oxygens (including phenoxy) is 1. The van der Waals surface area contributed by atoms with Gasteiger partial charge in [-0.25, -0.2) is 4.98 Å². The molecule has 2 aliphatic heterocycles. The number of halogens is 2. The standard InChI is InChI=1S/C29H35Cl2N3O3/c1-19(37-26-8-7-23(31)17-32-26)24-11-16-34(18-25(24)20-3-5-22(30)6-4-20)27(35)21-9-14-33(15-10-21)28(36)29(2)12-13-29/h3-8,17,19,21,24-25H,9-16,18H2,1-2H3/t19-,24+,25+/m1/s1. The lowest BCUT2D eigenvalue weighted by molar-refractivity contribution is -0.144. The molecule has 1 aromatic carbocycles. The van der Waals surface area contributed by atoms with Crippen LogP contribution in [0.4, 0.5) is 0 Å². The third-order valence-corrected chi connectivity index (χ3v) is 9.01. The van der Waals surface area contributed by atoms with E-state index in [2.05, 4.69) is 31.0 Å². The summed E-state index contributed by atoms with van der Waals surface area (Å²) in [7, 11) is 0. The summed E-state index contributed by atoms with van der Waals surface area (Å²) in [5.74, 6) is 1.34. The molecule has 6 nitrogen and oxygen atoms in total. The van der Waals surface area contributed by atoms with Gasteiger partial charge in [-0.15, -0.1) is 0 Å². The van der Waals surface area contributed by atoms with Gasteiger partial charge in [-0.05, 0) is 62.8 Å². The van der Waals surface area contributed by atoms with E-state index in [1.807, 2.05) is 21.9 Å². The van der Waals surface area contributed by atoms with Crippen LogP contribution in [0.5, 0.6) is 5.88 Å².